The molecule has 2 rings (SSSR count). The molecule has 4 nitrogen and oxygen atoms in total. The molecular weight excluding hydrogens is 238 g/mol. The van der Waals surface area contributed by atoms with E-state index in [1.165, 1.54) is 11.9 Å². The molecule has 0 saturated carbocycles. The minimum atomic E-state index is -0.169. The number of rotatable bonds is 4. The Balaban J connectivity index is 1.99. The second-order valence-corrected chi connectivity index (χ2v) is 4.42. The minimum absolute atomic E-state index is 0.169. The van der Waals surface area contributed by atoms with Crippen LogP contribution in [0.2, 0.25) is 0 Å². The lowest BCUT2D eigenvalue weighted by Gasteiger charge is -2.06. The Hall–Kier alpha value is -2.23. The van der Waals surface area contributed by atoms with Crippen molar-refractivity contribution < 1.29 is 4.79 Å². The maximum Gasteiger partial charge on any atom is 0.270 e. The van der Waals surface area contributed by atoms with E-state index in [-0.39, 0.29) is 5.91 Å². The molecule has 4 heteroatoms. The molecule has 19 heavy (non-hydrogen) atoms. The Morgan fingerprint density at radius 1 is 1.21 bits per heavy atom. The van der Waals surface area contributed by atoms with E-state index < -0.39 is 0 Å². The molecule has 1 aromatic carbocycles. The van der Waals surface area contributed by atoms with Crippen molar-refractivity contribution in [1.29, 1.82) is 0 Å². The standard InChI is InChI=1S/C15H17N3O/c1-3-13-8-14(18-10-17-13)15(19)16-9-12-6-4-11(2)5-7-12/h4-8,10H,3,9H2,1-2H3,(H,16,19). The summed E-state index contributed by atoms with van der Waals surface area (Å²) in [6.45, 7) is 4.54. The zero-order valence-corrected chi connectivity index (χ0v) is 11.2. The van der Waals surface area contributed by atoms with Gasteiger partial charge in [-0.05, 0) is 25.0 Å². The molecule has 0 aliphatic carbocycles. The molecule has 0 aliphatic rings. The summed E-state index contributed by atoms with van der Waals surface area (Å²) in [7, 11) is 0. The molecule has 98 valence electrons. The largest absolute Gasteiger partial charge is 0.347 e. The van der Waals surface area contributed by atoms with Crippen molar-refractivity contribution in [2.24, 2.45) is 0 Å². The average Bonchev–Trinajstić information content (AvgIpc) is 2.46. The van der Waals surface area contributed by atoms with Gasteiger partial charge in [-0.25, -0.2) is 9.97 Å². The molecule has 0 unspecified atom stereocenters. The van der Waals surface area contributed by atoms with Gasteiger partial charge in [-0.15, -0.1) is 0 Å². The Kier molecular flexibility index (Phi) is 4.23. The molecule has 0 bridgehead atoms. The van der Waals surface area contributed by atoms with Gasteiger partial charge in [0.05, 0.1) is 0 Å². The van der Waals surface area contributed by atoms with Crippen LogP contribution >= 0.6 is 0 Å². The van der Waals surface area contributed by atoms with Crippen LogP contribution in [0.3, 0.4) is 0 Å². The molecule has 0 spiro atoms. The Labute approximate surface area is 112 Å². The monoisotopic (exact) mass is 255 g/mol. The number of aromatic nitrogens is 2. The maximum atomic E-state index is 12.0. The highest BCUT2D eigenvalue weighted by Crippen LogP contribution is 2.04. The van der Waals surface area contributed by atoms with Gasteiger partial charge in [-0.2, -0.15) is 0 Å². The van der Waals surface area contributed by atoms with Crippen LogP contribution < -0.4 is 5.32 Å². The highest BCUT2D eigenvalue weighted by atomic mass is 16.1. The molecule has 1 N–H and O–H groups in total. The van der Waals surface area contributed by atoms with E-state index >= 15 is 0 Å². The van der Waals surface area contributed by atoms with Crippen molar-refractivity contribution in [3.05, 3.63) is 59.2 Å². The van der Waals surface area contributed by atoms with Crippen LogP contribution in [0.25, 0.3) is 0 Å². The summed E-state index contributed by atoms with van der Waals surface area (Å²) in [5.41, 5.74) is 3.57. The summed E-state index contributed by atoms with van der Waals surface area (Å²) in [5, 5.41) is 2.86. The van der Waals surface area contributed by atoms with Crippen molar-refractivity contribution in [2.45, 2.75) is 26.8 Å². The quantitative estimate of drug-likeness (QED) is 0.911. The number of benzene rings is 1. The van der Waals surface area contributed by atoms with Crippen molar-refractivity contribution in [1.82, 2.24) is 15.3 Å². The van der Waals surface area contributed by atoms with Crippen molar-refractivity contribution >= 4 is 5.91 Å². The SMILES string of the molecule is CCc1cc(C(=O)NCc2ccc(C)cc2)ncn1. The lowest BCUT2D eigenvalue weighted by molar-refractivity contribution is 0.0945. The van der Waals surface area contributed by atoms with Crippen molar-refractivity contribution in [3.63, 3.8) is 0 Å². The number of nitrogens with one attached hydrogen (secondary N) is 1. The van der Waals surface area contributed by atoms with E-state index in [2.05, 4.69) is 15.3 Å². The van der Waals surface area contributed by atoms with Gasteiger partial charge in [0.2, 0.25) is 0 Å². The molecule has 0 atom stereocenters. The first-order chi connectivity index (χ1) is 9.19. The molecule has 0 saturated heterocycles. The summed E-state index contributed by atoms with van der Waals surface area (Å²) >= 11 is 0. The first kappa shape index (κ1) is 13.2. The van der Waals surface area contributed by atoms with Gasteiger partial charge in [0.1, 0.15) is 12.0 Å². The smallest absolute Gasteiger partial charge is 0.270 e. The second-order valence-electron chi connectivity index (χ2n) is 4.42. The van der Waals surface area contributed by atoms with Gasteiger partial charge >= 0.3 is 0 Å². The number of hydrogen-bond acceptors (Lipinski definition) is 3. The molecule has 1 amide bonds. The third-order valence-corrected chi connectivity index (χ3v) is 2.89. The van der Waals surface area contributed by atoms with Gasteiger partial charge in [0.25, 0.3) is 5.91 Å². The van der Waals surface area contributed by atoms with Crippen molar-refractivity contribution in [2.75, 3.05) is 0 Å². The number of hydrogen-bond donors (Lipinski definition) is 1. The molecular formula is C15H17N3O. The van der Waals surface area contributed by atoms with E-state index in [4.69, 9.17) is 0 Å². The van der Waals surface area contributed by atoms with Crippen LogP contribution in [0.1, 0.15) is 34.2 Å². The summed E-state index contributed by atoms with van der Waals surface area (Å²) in [4.78, 5) is 20.0. The van der Waals surface area contributed by atoms with Crippen LogP contribution in [0.4, 0.5) is 0 Å². The van der Waals surface area contributed by atoms with Crippen LogP contribution in [-0.4, -0.2) is 15.9 Å². The number of aryl methyl sites for hydroxylation is 2. The fraction of sp³-hybridized carbons (Fsp3) is 0.267. The molecule has 1 heterocycles. The Morgan fingerprint density at radius 3 is 2.63 bits per heavy atom. The first-order valence-corrected chi connectivity index (χ1v) is 6.33. The zero-order valence-electron chi connectivity index (χ0n) is 11.2. The number of nitrogens with zero attached hydrogens (tertiary/aromatic N) is 2. The van der Waals surface area contributed by atoms with Crippen LogP contribution in [0, 0.1) is 6.92 Å². The van der Waals surface area contributed by atoms with Crippen molar-refractivity contribution in [3.8, 4) is 0 Å². The van der Waals surface area contributed by atoms with Gasteiger partial charge in [0.15, 0.2) is 0 Å². The van der Waals surface area contributed by atoms with Gasteiger partial charge in [0, 0.05) is 12.2 Å². The van der Waals surface area contributed by atoms with Gasteiger partial charge in [-0.3, -0.25) is 4.79 Å². The minimum Gasteiger partial charge on any atom is -0.347 e. The van der Waals surface area contributed by atoms with E-state index in [1.807, 2.05) is 38.1 Å². The average molecular weight is 255 g/mol. The fourth-order valence-electron chi connectivity index (χ4n) is 1.69. The first-order valence-electron chi connectivity index (χ1n) is 6.33. The van der Waals surface area contributed by atoms with E-state index in [0.29, 0.717) is 12.2 Å². The van der Waals surface area contributed by atoms with E-state index in [9.17, 15) is 4.79 Å². The molecule has 0 aliphatic heterocycles. The lowest BCUT2D eigenvalue weighted by atomic mass is 10.1. The highest BCUT2D eigenvalue weighted by molar-refractivity contribution is 5.92. The lowest BCUT2D eigenvalue weighted by Crippen LogP contribution is -2.24. The number of carbonyl (C=O) groups is 1. The third-order valence-electron chi connectivity index (χ3n) is 2.89. The van der Waals surface area contributed by atoms with Crippen LogP contribution in [-0.2, 0) is 13.0 Å². The van der Waals surface area contributed by atoms with E-state index in [1.54, 1.807) is 6.07 Å². The summed E-state index contributed by atoms with van der Waals surface area (Å²) < 4.78 is 0. The van der Waals surface area contributed by atoms with Gasteiger partial charge < -0.3 is 5.32 Å². The van der Waals surface area contributed by atoms with E-state index in [0.717, 1.165) is 17.7 Å². The number of amides is 1. The fourth-order valence-corrected chi connectivity index (χ4v) is 1.69. The summed E-state index contributed by atoms with van der Waals surface area (Å²) in [6.07, 6.45) is 2.22. The number of carbonyl (C=O) groups excluding carboxylic acids is 1. The maximum absolute atomic E-state index is 12.0. The van der Waals surface area contributed by atoms with Crippen LogP contribution in [0.15, 0.2) is 36.7 Å². The molecule has 2 aromatic rings. The predicted octanol–water partition coefficient (Wildman–Crippen LogP) is 2.28. The molecule has 0 fully saturated rings. The third kappa shape index (κ3) is 3.61. The molecule has 0 radical (unpaired) electrons. The summed E-state index contributed by atoms with van der Waals surface area (Å²) in [5.74, 6) is -0.169. The van der Waals surface area contributed by atoms with Gasteiger partial charge in [-0.1, -0.05) is 36.8 Å². The Bertz CT molecular complexity index is 564. The second kappa shape index (κ2) is 6.09. The Morgan fingerprint density at radius 2 is 1.95 bits per heavy atom. The summed E-state index contributed by atoms with van der Waals surface area (Å²) in [6, 6.07) is 9.80. The topological polar surface area (TPSA) is 54.9 Å². The predicted molar refractivity (Wildman–Crippen MR) is 73.8 cm³/mol. The zero-order chi connectivity index (χ0) is 13.7. The van der Waals surface area contributed by atoms with Crippen LogP contribution in [0.5, 0.6) is 0 Å². The highest BCUT2D eigenvalue weighted by Gasteiger charge is 2.07. The molecule has 1 aromatic heterocycles. The normalized spacial score (nSPS) is 10.2.